The summed E-state index contributed by atoms with van der Waals surface area (Å²) in [5.74, 6) is 1.94. The van der Waals surface area contributed by atoms with Gasteiger partial charge in [-0.3, -0.25) is 0 Å². The highest BCUT2D eigenvalue weighted by atomic mass is 15.2. The summed E-state index contributed by atoms with van der Waals surface area (Å²) in [6.07, 6.45) is 6.61. The van der Waals surface area contributed by atoms with Gasteiger partial charge < -0.3 is 15.5 Å². The summed E-state index contributed by atoms with van der Waals surface area (Å²) in [4.78, 5) is 10.8. The highest BCUT2D eigenvalue weighted by Crippen LogP contribution is 2.23. The Balaban J connectivity index is 1.88. The average molecular weight is 249 g/mol. The van der Waals surface area contributed by atoms with Gasteiger partial charge in [-0.05, 0) is 39.3 Å². The van der Waals surface area contributed by atoms with Crippen molar-refractivity contribution < 1.29 is 0 Å². The molecule has 0 spiro atoms. The number of nitrogens with zero attached hydrogens (tertiary/aromatic N) is 3. The fourth-order valence-corrected chi connectivity index (χ4v) is 2.00. The Kier molecular flexibility index (Phi) is 4.75. The number of hydrogen-bond donors (Lipinski definition) is 2. The molecule has 1 fully saturated rings. The second-order valence-electron chi connectivity index (χ2n) is 4.91. The van der Waals surface area contributed by atoms with Gasteiger partial charge in [0.15, 0.2) is 0 Å². The quantitative estimate of drug-likeness (QED) is 0.717. The molecule has 0 aliphatic heterocycles. The largest absolute Gasteiger partial charge is 0.367 e. The number of nitrogens with one attached hydrogen (secondary N) is 2. The standard InChI is InChI=1S/C13H23N5/c1-14-7-4-8-18(2)13-9-12(15-10-16-13)17-11-5-3-6-11/h9-11,14H,3-8H2,1-2H3,(H,15,16,17). The second kappa shape index (κ2) is 6.54. The molecule has 1 heterocycles. The molecule has 1 aromatic rings. The van der Waals surface area contributed by atoms with Crippen molar-refractivity contribution in [1.82, 2.24) is 15.3 Å². The van der Waals surface area contributed by atoms with Crippen molar-refractivity contribution in [3.8, 4) is 0 Å². The lowest BCUT2D eigenvalue weighted by Crippen LogP contribution is -2.28. The van der Waals surface area contributed by atoms with Gasteiger partial charge in [-0.15, -0.1) is 0 Å². The van der Waals surface area contributed by atoms with Gasteiger partial charge in [0.1, 0.15) is 18.0 Å². The monoisotopic (exact) mass is 249 g/mol. The van der Waals surface area contributed by atoms with Crippen molar-refractivity contribution >= 4 is 11.6 Å². The van der Waals surface area contributed by atoms with Crippen LogP contribution >= 0.6 is 0 Å². The summed E-state index contributed by atoms with van der Waals surface area (Å²) < 4.78 is 0. The molecule has 2 N–H and O–H groups in total. The Hall–Kier alpha value is -1.36. The highest BCUT2D eigenvalue weighted by molar-refractivity contribution is 5.48. The molecular weight excluding hydrogens is 226 g/mol. The molecule has 1 aliphatic rings. The van der Waals surface area contributed by atoms with Crippen molar-refractivity contribution in [3.63, 3.8) is 0 Å². The Labute approximate surface area is 109 Å². The van der Waals surface area contributed by atoms with Crippen LogP contribution in [0.3, 0.4) is 0 Å². The third kappa shape index (κ3) is 3.57. The predicted molar refractivity (Wildman–Crippen MR) is 75.1 cm³/mol. The molecule has 0 saturated heterocycles. The van der Waals surface area contributed by atoms with Gasteiger partial charge in [-0.1, -0.05) is 0 Å². The zero-order valence-corrected chi connectivity index (χ0v) is 11.3. The molecule has 0 aromatic carbocycles. The van der Waals surface area contributed by atoms with Crippen molar-refractivity contribution in [2.75, 3.05) is 37.4 Å². The Morgan fingerprint density at radius 3 is 2.89 bits per heavy atom. The minimum absolute atomic E-state index is 0.613. The summed E-state index contributed by atoms with van der Waals surface area (Å²) in [5, 5.41) is 6.61. The van der Waals surface area contributed by atoms with Gasteiger partial charge in [0.2, 0.25) is 0 Å². The van der Waals surface area contributed by atoms with E-state index < -0.39 is 0 Å². The van der Waals surface area contributed by atoms with E-state index >= 15 is 0 Å². The molecule has 1 aliphatic carbocycles. The predicted octanol–water partition coefficient (Wildman–Crippen LogP) is 1.49. The Morgan fingerprint density at radius 1 is 1.39 bits per heavy atom. The number of rotatable bonds is 7. The molecule has 100 valence electrons. The summed E-state index contributed by atoms with van der Waals surface area (Å²) >= 11 is 0. The van der Waals surface area contributed by atoms with E-state index in [0.29, 0.717) is 6.04 Å². The molecule has 0 bridgehead atoms. The minimum Gasteiger partial charge on any atom is -0.367 e. The molecule has 1 saturated carbocycles. The first-order valence-corrected chi connectivity index (χ1v) is 6.74. The first kappa shape index (κ1) is 13.1. The molecule has 0 amide bonds. The van der Waals surface area contributed by atoms with Crippen LogP contribution in [0, 0.1) is 0 Å². The van der Waals surface area contributed by atoms with Crippen molar-refractivity contribution in [3.05, 3.63) is 12.4 Å². The smallest absolute Gasteiger partial charge is 0.133 e. The lowest BCUT2D eigenvalue weighted by molar-refractivity contribution is 0.444. The van der Waals surface area contributed by atoms with Gasteiger partial charge >= 0.3 is 0 Å². The molecule has 18 heavy (non-hydrogen) atoms. The lowest BCUT2D eigenvalue weighted by atomic mass is 9.93. The van der Waals surface area contributed by atoms with E-state index in [9.17, 15) is 0 Å². The fraction of sp³-hybridized carbons (Fsp3) is 0.692. The summed E-state index contributed by atoms with van der Waals surface area (Å²) in [5.41, 5.74) is 0. The van der Waals surface area contributed by atoms with Crippen LogP contribution in [0.1, 0.15) is 25.7 Å². The number of hydrogen-bond acceptors (Lipinski definition) is 5. The normalized spacial score (nSPS) is 15.2. The topological polar surface area (TPSA) is 53.1 Å². The van der Waals surface area contributed by atoms with Gasteiger partial charge in [-0.25, -0.2) is 9.97 Å². The van der Waals surface area contributed by atoms with Gasteiger partial charge in [0, 0.05) is 25.7 Å². The fourth-order valence-electron chi connectivity index (χ4n) is 2.00. The van der Waals surface area contributed by atoms with Crippen LogP contribution < -0.4 is 15.5 Å². The van der Waals surface area contributed by atoms with Crippen LogP contribution in [0.5, 0.6) is 0 Å². The average Bonchev–Trinajstić information content (AvgIpc) is 2.34. The molecular formula is C13H23N5. The summed E-state index contributed by atoms with van der Waals surface area (Å²) in [6.45, 7) is 2.03. The van der Waals surface area contributed by atoms with Crippen LogP contribution in [-0.4, -0.2) is 43.2 Å². The molecule has 0 atom stereocenters. The summed E-state index contributed by atoms with van der Waals surface area (Å²) in [6, 6.07) is 2.65. The second-order valence-corrected chi connectivity index (χ2v) is 4.91. The van der Waals surface area contributed by atoms with E-state index in [1.165, 1.54) is 19.3 Å². The maximum absolute atomic E-state index is 4.32. The van der Waals surface area contributed by atoms with Gasteiger partial charge in [0.25, 0.3) is 0 Å². The van der Waals surface area contributed by atoms with E-state index in [1.807, 2.05) is 13.1 Å². The number of anilines is 2. The first-order valence-electron chi connectivity index (χ1n) is 6.74. The number of aromatic nitrogens is 2. The van der Waals surface area contributed by atoms with E-state index in [-0.39, 0.29) is 0 Å². The van der Waals surface area contributed by atoms with Crippen molar-refractivity contribution in [2.24, 2.45) is 0 Å². The van der Waals surface area contributed by atoms with E-state index in [4.69, 9.17) is 0 Å². The molecule has 5 heteroatoms. The van der Waals surface area contributed by atoms with Crippen LogP contribution in [0.2, 0.25) is 0 Å². The van der Waals surface area contributed by atoms with Gasteiger partial charge in [0.05, 0.1) is 0 Å². The SMILES string of the molecule is CNCCCN(C)c1cc(NC2CCC2)ncn1. The molecule has 0 unspecified atom stereocenters. The van der Waals surface area contributed by atoms with Crippen molar-refractivity contribution in [1.29, 1.82) is 0 Å². The van der Waals surface area contributed by atoms with Crippen LogP contribution in [0.15, 0.2) is 12.4 Å². The molecule has 0 radical (unpaired) electrons. The van der Waals surface area contributed by atoms with Crippen molar-refractivity contribution in [2.45, 2.75) is 31.7 Å². The van der Waals surface area contributed by atoms with E-state index in [0.717, 1.165) is 31.1 Å². The molecule has 2 rings (SSSR count). The maximum atomic E-state index is 4.32. The zero-order chi connectivity index (χ0) is 12.8. The first-order chi connectivity index (χ1) is 8.79. The lowest BCUT2D eigenvalue weighted by Gasteiger charge is -2.27. The molecule has 5 nitrogen and oxygen atoms in total. The molecule has 1 aromatic heterocycles. The Bertz CT molecular complexity index is 364. The summed E-state index contributed by atoms with van der Waals surface area (Å²) in [7, 11) is 4.05. The van der Waals surface area contributed by atoms with Crippen LogP contribution in [0.4, 0.5) is 11.6 Å². The minimum atomic E-state index is 0.613. The third-order valence-corrected chi connectivity index (χ3v) is 3.42. The maximum Gasteiger partial charge on any atom is 0.133 e. The van der Waals surface area contributed by atoms with Gasteiger partial charge in [-0.2, -0.15) is 0 Å². The zero-order valence-electron chi connectivity index (χ0n) is 11.3. The Morgan fingerprint density at radius 2 is 2.22 bits per heavy atom. The van der Waals surface area contributed by atoms with E-state index in [2.05, 4.69) is 32.5 Å². The third-order valence-electron chi connectivity index (χ3n) is 3.42. The van der Waals surface area contributed by atoms with Crippen LogP contribution in [0.25, 0.3) is 0 Å². The van der Waals surface area contributed by atoms with Crippen LogP contribution in [-0.2, 0) is 0 Å². The van der Waals surface area contributed by atoms with E-state index in [1.54, 1.807) is 6.33 Å². The highest BCUT2D eigenvalue weighted by Gasteiger charge is 2.17.